The van der Waals surface area contributed by atoms with Crippen LogP contribution in [0.15, 0.2) is 30.5 Å². The first-order valence-electron chi connectivity index (χ1n) is 5.67. The second-order valence-electron chi connectivity index (χ2n) is 4.30. The standard InChI is InChI=1S/C13H13N5/c1-8-12(15-13(14)17-16-8)10-3-4-11-9(7-10)5-6-18(11)2/h3-7H,1-2H3,(H2,14,15,17). The minimum atomic E-state index is 0.198. The number of anilines is 1. The molecule has 0 fully saturated rings. The average molecular weight is 239 g/mol. The van der Waals surface area contributed by atoms with Gasteiger partial charge in [0.25, 0.3) is 0 Å². The number of benzene rings is 1. The van der Waals surface area contributed by atoms with E-state index in [1.165, 1.54) is 10.9 Å². The molecule has 0 aliphatic rings. The van der Waals surface area contributed by atoms with Crippen LogP contribution in [-0.2, 0) is 7.05 Å². The minimum Gasteiger partial charge on any atom is -0.366 e. The molecular formula is C13H13N5. The van der Waals surface area contributed by atoms with Gasteiger partial charge in [-0.3, -0.25) is 0 Å². The van der Waals surface area contributed by atoms with Gasteiger partial charge in [-0.25, -0.2) is 4.98 Å². The maximum atomic E-state index is 5.59. The highest BCUT2D eigenvalue weighted by Crippen LogP contribution is 2.25. The molecule has 0 radical (unpaired) electrons. The first-order valence-corrected chi connectivity index (χ1v) is 5.67. The van der Waals surface area contributed by atoms with Crippen LogP contribution in [-0.4, -0.2) is 19.7 Å². The zero-order valence-corrected chi connectivity index (χ0v) is 10.3. The fourth-order valence-electron chi connectivity index (χ4n) is 2.09. The number of aromatic nitrogens is 4. The molecule has 0 unspecified atom stereocenters. The van der Waals surface area contributed by atoms with Crippen LogP contribution < -0.4 is 5.73 Å². The molecule has 0 saturated carbocycles. The van der Waals surface area contributed by atoms with E-state index in [0.29, 0.717) is 0 Å². The number of nitrogens with two attached hydrogens (primary N) is 1. The summed E-state index contributed by atoms with van der Waals surface area (Å²) in [6, 6.07) is 8.26. The van der Waals surface area contributed by atoms with Crippen molar-refractivity contribution in [3.8, 4) is 11.3 Å². The quantitative estimate of drug-likeness (QED) is 0.704. The van der Waals surface area contributed by atoms with Crippen LogP contribution in [0.2, 0.25) is 0 Å². The lowest BCUT2D eigenvalue weighted by atomic mass is 10.1. The van der Waals surface area contributed by atoms with Crippen molar-refractivity contribution >= 4 is 16.9 Å². The zero-order chi connectivity index (χ0) is 12.7. The largest absolute Gasteiger partial charge is 0.366 e. The van der Waals surface area contributed by atoms with E-state index in [9.17, 15) is 0 Å². The van der Waals surface area contributed by atoms with Crippen LogP contribution in [0.3, 0.4) is 0 Å². The van der Waals surface area contributed by atoms with Gasteiger partial charge in [0.05, 0.1) is 11.4 Å². The van der Waals surface area contributed by atoms with Crippen molar-refractivity contribution in [3.05, 3.63) is 36.2 Å². The van der Waals surface area contributed by atoms with E-state index in [1.54, 1.807) is 0 Å². The van der Waals surface area contributed by atoms with Gasteiger partial charge >= 0.3 is 0 Å². The Balaban J connectivity index is 2.22. The average Bonchev–Trinajstić information content (AvgIpc) is 2.74. The van der Waals surface area contributed by atoms with Gasteiger partial charge in [0.15, 0.2) is 0 Å². The maximum absolute atomic E-state index is 5.59. The Morgan fingerprint density at radius 1 is 1.17 bits per heavy atom. The summed E-state index contributed by atoms with van der Waals surface area (Å²) in [5.41, 5.74) is 9.35. The van der Waals surface area contributed by atoms with Crippen LogP contribution in [0, 0.1) is 6.92 Å². The van der Waals surface area contributed by atoms with Crippen molar-refractivity contribution in [2.45, 2.75) is 6.92 Å². The van der Waals surface area contributed by atoms with Crippen molar-refractivity contribution in [1.82, 2.24) is 19.7 Å². The summed E-state index contributed by atoms with van der Waals surface area (Å²) < 4.78 is 2.08. The Morgan fingerprint density at radius 3 is 2.83 bits per heavy atom. The first kappa shape index (κ1) is 10.7. The molecule has 1 aromatic carbocycles. The van der Waals surface area contributed by atoms with Gasteiger partial charge in [0, 0.05) is 29.7 Å². The second kappa shape index (κ2) is 3.80. The number of rotatable bonds is 1. The SMILES string of the molecule is Cc1nnc(N)nc1-c1ccc2c(ccn2C)c1. The van der Waals surface area contributed by atoms with Crippen LogP contribution in [0.25, 0.3) is 22.2 Å². The molecule has 0 aliphatic carbocycles. The summed E-state index contributed by atoms with van der Waals surface area (Å²) in [6.07, 6.45) is 2.04. The molecule has 18 heavy (non-hydrogen) atoms. The lowest BCUT2D eigenvalue weighted by Gasteiger charge is -2.05. The smallest absolute Gasteiger partial charge is 0.240 e. The van der Waals surface area contributed by atoms with Crippen molar-refractivity contribution in [3.63, 3.8) is 0 Å². The summed E-state index contributed by atoms with van der Waals surface area (Å²) in [6.45, 7) is 1.88. The zero-order valence-electron chi connectivity index (χ0n) is 10.3. The normalized spacial score (nSPS) is 11.0. The number of fused-ring (bicyclic) bond motifs is 1. The molecule has 2 aromatic heterocycles. The van der Waals surface area contributed by atoms with Crippen LogP contribution in [0.5, 0.6) is 0 Å². The van der Waals surface area contributed by atoms with E-state index in [-0.39, 0.29) is 5.95 Å². The third kappa shape index (κ3) is 1.60. The molecule has 5 nitrogen and oxygen atoms in total. The second-order valence-corrected chi connectivity index (χ2v) is 4.30. The molecule has 0 aliphatic heterocycles. The molecule has 5 heteroatoms. The topological polar surface area (TPSA) is 69.6 Å². The Labute approximate surface area is 104 Å². The predicted molar refractivity (Wildman–Crippen MR) is 70.9 cm³/mol. The lowest BCUT2D eigenvalue weighted by Crippen LogP contribution is -2.01. The summed E-state index contributed by atoms with van der Waals surface area (Å²) in [4.78, 5) is 4.25. The molecule has 2 heterocycles. The Morgan fingerprint density at radius 2 is 2.00 bits per heavy atom. The van der Waals surface area contributed by atoms with Crippen molar-refractivity contribution < 1.29 is 0 Å². The molecule has 0 atom stereocenters. The van der Waals surface area contributed by atoms with Gasteiger partial charge in [0.1, 0.15) is 0 Å². The summed E-state index contributed by atoms with van der Waals surface area (Å²) >= 11 is 0. The fraction of sp³-hybridized carbons (Fsp3) is 0.154. The van der Waals surface area contributed by atoms with Gasteiger partial charge in [-0.05, 0) is 25.1 Å². The molecule has 0 spiro atoms. The lowest BCUT2D eigenvalue weighted by molar-refractivity contribution is 0.945. The van der Waals surface area contributed by atoms with Gasteiger partial charge in [0.2, 0.25) is 5.95 Å². The highest BCUT2D eigenvalue weighted by atomic mass is 15.2. The van der Waals surface area contributed by atoms with E-state index in [2.05, 4.69) is 37.9 Å². The van der Waals surface area contributed by atoms with E-state index >= 15 is 0 Å². The number of hydrogen-bond donors (Lipinski definition) is 1. The molecule has 0 amide bonds. The van der Waals surface area contributed by atoms with Gasteiger partial charge in [-0.15, -0.1) is 10.2 Å². The minimum absolute atomic E-state index is 0.198. The highest BCUT2D eigenvalue weighted by Gasteiger charge is 2.08. The highest BCUT2D eigenvalue weighted by molar-refractivity contribution is 5.85. The molecule has 0 bridgehead atoms. The van der Waals surface area contributed by atoms with Crippen molar-refractivity contribution in [2.75, 3.05) is 5.73 Å². The Hall–Kier alpha value is -2.43. The summed E-state index contributed by atoms with van der Waals surface area (Å²) in [5, 5.41) is 8.91. The number of nitrogens with zero attached hydrogens (tertiary/aromatic N) is 4. The van der Waals surface area contributed by atoms with Crippen LogP contribution in [0.1, 0.15) is 5.69 Å². The number of nitrogen functional groups attached to an aromatic ring is 1. The number of aryl methyl sites for hydroxylation is 2. The Bertz CT molecular complexity index is 729. The van der Waals surface area contributed by atoms with Gasteiger partial charge in [-0.1, -0.05) is 6.07 Å². The monoisotopic (exact) mass is 239 g/mol. The van der Waals surface area contributed by atoms with Gasteiger partial charge in [-0.2, -0.15) is 0 Å². The van der Waals surface area contributed by atoms with E-state index < -0.39 is 0 Å². The van der Waals surface area contributed by atoms with Crippen molar-refractivity contribution in [2.24, 2.45) is 7.05 Å². The molecule has 0 saturated heterocycles. The third-order valence-electron chi connectivity index (χ3n) is 3.03. The molecular weight excluding hydrogens is 226 g/mol. The summed E-state index contributed by atoms with van der Waals surface area (Å²) in [7, 11) is 2.03. The predicted octanol–water partition coefficient (Wildman–Crippen LogP) is 1.92. The third-order valence-corrected chi connectivity index (χ3v) is 3.03. The van der Waals surface area contributed by atoms with Gasteiger partial charge < -0.3 is 10.3 Å². The van der Waals surface area contributed by atoms with E-state index in [0.717, 1.165) is 17.0 Å². The molecule has 3 aromatic rings. The van der Waals surface area contributed by atoms with E-state index in [4.69, 9.17) is 5.73 Å². The molecule has 2 N–H and O–H groups in total. The fourth-order valence-corrected chi connectivity index (χ4v) is 2.09. The van der Waals surface area contributed by atoms with Crippen LogP contribution in [0.4, 0.5) is 5.95 Å². The molecule has 90 valence electrons. The van der Waals surface area contributed by atoms with Crippen LogP contribution >= 0.6 is 0 Å². The summed E-state index contributed by atoms with van der Waals surface area (Å²) in [5.74, 6) is 0.198. The van der Waals surface area contributed by atoms with E-state index in [1.807, 2.05) is 26.2 Å². The number of hydrogen-bond acceptors (Lipinski definition) is 4. The van der Waals surface area contributed by atoms with Crippen molar-refractivity contribution in [1.29, 1.82) is 0 Å². The maximum Gasteiger partial charge on any atom is 0.240 e. The first-order chi connectivity index (χ1) is 8.65. The molecule has 3 rings (SSSR count). The Kier molecular flexibility index (Phi) is 2.26.